The van der Waals surface area contributed by atoms with Gasteiger partial charge < -0.3 is 9.80 Å². The number of carbonyl (C=O) groups is 1. The summed E-state index contributed by atoms with van der Waals surface area (Å²) < 4.78 is 0. The van der Waals surface area contributed by atoms with Gasteiger partial charge in [-0.1, -0.05) is 38.0 Å². The maximum Gasteiger partial charge on any atom is 0.259 e. The molecule has 4 heteroatoms. The Hall–Kier alpha value is -2.36. The van der Waals surface area contributed by atoms with E-state index < -0.39 is 0 Å². The molecule has 2 aliphatic heterocycles. The molecule has 1 aromatic carbocycles. The fourth-order valence-corrected chi connectivity index (χ4v) is 5.42. The van der Waals surface area contributed by atoms with Crippen molar-refractivity contribution >= 4 is 17.4 Å². The van der Waals surface area contributed by atoms with Crippen LogP contribution < -0.4 is 9.80 Å². The predicted octanol–water partition coefficient (Wildman–Crippen LogP) is 4.30. The molecule has 3 unspecified atom stereocenters. The van der Waals surface area contributed by atoms with Gasteiger partial charge in [0, 0.05) is 31.0 Å². The van der Waals surface area contributed by atoms with Crippen molar-refractivity contribution in [3.63, 3.8) is 0 Å². The second kappa shape index (κ2) is 6.66. The van der Waals surface area contributed by atoms with Gasteiger partial charge in [0.2, 0.25) is 0 Å². The molecule has 1 aliphatic carbocycles. The number of carbonyl (C=O) groups excluding carboxylic acids is 1. The second-order valence-electron chi connectivity index (χ2n) is 8.39. The zero-order valence-corrected chi connectivity index (χ0v) is 16.0. The Balaban J connectivity index is 1.36. The van der Waals surface area contributed by atoms with Gasteiger partial charge in [-0.25, -0.2) is 4.98 Å². The van der Waals surface area contributed by atoms with E-state index in [9.17, 15) is 4.79 Å². The molecule has 1 amide bonds. The van der Waals surface area contributed by atoms with Gasteiger partial charge in [-0.2, -0.15) is 0 Å². The Morgan fingerprint density at radius 3 is 2.81 bits per heavy atom. The molecule has 0 N–H and O–H groups in total. The summed E-state index contributed by atoms with van der Waals surface area (Å²) in [5.41, 5.74) is 2.98. The van der Waals surface area contributed by atoms with Crippen molar-refractivity contribution in [2.24, 2.45) is 11.8 Å². The largest absolute Gasteiger partial charge is 0.353 e. The van der Waals surface area contributed by atoms with Gasteiger partial charge in [-0.15, -0.1) is 0 Å². The number of pyridine rings is 1. The van der Waals surface area contributed by atoms with E-state index in [-0.39, 0.29) is 5.91 Å². The van der Waals surface area contributed by atoms with Gasteiger partial charge in [-0.05, 0) is 54.9 Å². The fraction of sp³-hybridized carbons (Fsp3) is 0.478. The van der Waals surface area contributed by atoms with E-state index in [1.165, 1.54) is 31.2 Å². The summed E-state index contributed by atoms with van der Waals surface area (Å²) in [6.45, 7) is 4.23. The van der Waals surface area contributed by atoms with Crippen molar-refractivity contribution in [2.75, 3.05) is 22.9 Å². The number of para-hydroxylation sites is 1. The first-order valence-electron chi connectivity index (χ1n) is 10.3. The van der Waals surface area contributed by atoms with Crippen LogP contribution in [0.4, 0.5) is 11.5 Å². The first-order valence-corrected chi connectivity index (χ1v) is 10.3. The van der Waals surface area contributed by atoms with Gasteiger partial charge in [-0.3, -0.25) is 4.79 Å². The molecule has 0 bridgehead atoms. The highest BCUT2D eigenvalue weighted by atomic mass is 16.2. The zero-order valence-electron chi connectivity index (χ0n) is 16.0. The predicted molar refractivity (Wildman–Crippen MR) is 108 cm³/mol. The van der Waals surface area contributed by atoms with E-state index >= 15 is 0 Å². The van der Waals surface area contributed by atoms with Gasteiger partial charge in [0.1, 0.15) is 5.82 Å². The number of nitrogens with zero attached hydrogens (tertiary/aromatic N) is 3. The second-order valence-corrected chi connectivity index (χ2v) is 8.39. The number of fused-ring (bicyclic) bond motifs is 2. The molecule has 3 aliphatic rings. The van der Waals surface area contributed by atoms with Gasteiger partial charge in [0.25, 0.3) is 5.91 Å². The SMILES string of the molecule is CC1CN(c2ccc(C(=O)N3CCc4ccccc43)cn2)C2CCCCC12. The lowest BCUT2D eigenvalue weighted by Gasteiger charge is -2.32. The number of hydrogen-bond acceptors (Lipinski definition) is 3. The van der Waals surface area contributed by atoms with Gasteiger partial charge in [0.05, 0.1) is 5.56 Å². The fourth-order valence-electron chi connectivity index (χ4n) is 5.42. The van der Waals surface area contributed by atoms with Crippen molar-refractivity contribution in [1.29, 1.82) is 0 Å². The van der Waals surface area contributed by atoms with Crippen LogP contribution >= 0.6 is 0 Å². The Morgan fingerprint density at radius 2 is 1.96 bits per heavy atom. The number of benzene rings is 1. The molecule has 4 nitrogen and oxygen atoms in total. The molecule has 140 valence electrons. The van der Waals surface area contributed by atoms with Crippen molar-refractivity contribution < 1.29 is 4.79 Å². The Labute approximate surface area is 161 Å². The highest BCUT2D eigenvalue weighted by molar-refractivity contribution is 6.07. The molecule has 1 saturated heterocycles. The number of aromatic nitrogens is 1. The molecular formula is C23H27N3O. The molecule has 3 atom stereocenters. The van der Waals surface area contributed by atoms with Crippen LogP contribution in [-0.4, -0.2) is 30.0 Å². The first-order chi connectivity index (χ1) is 13.2. The monoisotopic (exact) mass is 361 g/mol. The third-order valence-electron chi connectivity index (χ3n) is 6.82. The zero-order chi connectivity index (χ0) is 18.4. The molecular weight excluding hydrogens is 334 g/mol. The average molecular weight is 361 g/mol. The maximum absolute atomic E-state index is 13.0. The van der Waals surface area contributed by atoms with Crippen LogP contribution in [0.3, 0.4) is 0 Å². The molecule has 27 heavy (non-hydrogen) atoms. The van der Waals surface area contributed by atoms with Crippen LogP contribution in [0.15, 0.2) is 42.6 Å². The summed E-state index contributed by atoms with van der Waals surface area (Å²) in [6, 6.07) is 12.8. The van der Waals surface area contributed by atoms with Crippen LogP contribution in [0.2, 0.25) is 0 Å². The smallest absolute Gasteiger partial charge is 0.259 e. The van der Waals surface area contributed by atoms with Gasteiger partial charge in [0.15, 0.2) is 0 Å². The van der Waals surface area contributed by atoms with Crippen molar-refractivity contribution in [3.8, 4) is 0 Å². The van der Waals surface area contributed by atoms with Crippen molar-refractivity contribution in [1.82, 2.24) is 4.98 Å². The maximum atomic E-state index is 13.0. The summed E-state index contributed by atoms with van der Waals surface area (Å²) in [7, 11) is 0. The van der Waals surface area contributed by atoms with Crippen molar-refractivity contribution in [2.45, 2.75) is 45.1 Å². The van der Waals surface area contributed by atoms with E-state index in [4.69, 9.17) is 4.98 Å². The standard InChI is InChI=1S/C23H27N3O/c1-16-15-26(21-9-5-3-7-19(16)21)22-11-10-18(14-24-22)23(27)25-13-12-17-6-2-4-8-20(17)25/h2,4,6,8,10-11,14,16,19,21H,3,5,7,9,12-13,15H2,1H3. The van der Waals surface area contributed by atoms with Crippen LogP contribution in [0.5, 0.6) is 0 Å². The summed E-state index contributed by atoms with van der Waals surface area (Å²) in [4.78, 5) is 22.1. The average Bonchev–Trinajstić information content (AvgIpc) is 3.29. The molecule has 0 spiro atoms. The minimum atomic E-state index is 0.0596. The number of hydrogen-bond donors (Lipinski definition) is 0. The highest BCUT2D eigenvalue weighted by Crippen LogP contribution is 2.41. The van der Waals surface area contributed by atoms with E-state index in [1.807, 2.05) is 29.2 Å². The summed E-state index contributed by atoms with van der Waals surface area (Å²) in [6.07, 6.45) is 8.05. The van der Waals surface area contributed by atoms with E-state index in [0.717, 1.165) is 42.9 Å². The van der Waals surface area contributed by atoms with Crippen LogP contribution in [-0.2, 0) is 6.42 Å². The molecule has 3 heterocycles. The highest BCUT2D eigenvalue weighted by Gasteiger charge is 2.41. The third-order valence-corrected chi connectivity index (χ3v) is 6.82. The first kappa shape index (κ1) is 16.8. The normalized spacial score (nSPS) is 26.8. The summed E-state index contributed by atoms with van der Waals surface area (Å²) in [5.74, 6) is 2.64. The topological polar surface area (TPSA) is 36.4 Å². The lowest BCUT2D eigenvalue weighted by atomic mass is 9.80. The number of amides is 1. The third kappa shape index (κ3) is 2.82. The molecule has 2 aromatic rings. The molecule has 2 fully saturated rings. The molecule has 0 radical (unpaired) electrons. The molecule has 1 aromatic heterocycles. The lowest BCUT2D eigenvalue weighted by molar-refractivity contribution is 0.0989. The lowest BCUT2D eigenvalue weighted by Crippen LogP contribution is -2.35. The Bertz CT molecular complexity index is 847. The van der Waals surface area contributed by atoms with Gasteiger partial charge >= 0.3 is 0 Å². The number of anilines is 2. The van der Waals surface area contributed by atoms with E-state index in [1.54, 1.807) is 6.20 Å². The van der Waals surface area contributed by atoms with Crippen LogP contribution in [0.1, 0.15) is 48.5 Å². The summed E-state index contributed by atoms with van der Waals surface area (Å²) >= 11 is 0. The van der Waals surface area contributed by atoms with Crippen molar-refractivity contribution in [3.05, 3.63) is 53.7 Å². The van der Waals surface area contributed by atoms with Crippen LogP contribution in [0, 0.1) is 11.8 Å². The van der Waals surface area contributed by atoms with E-state index in [2.05, 4.69) is 24.0 Å². The minimum Gasteiger partial charge on any atom is -0.353 e. The minimum absolute atomic E-state index is 0.0596. The quantitative estimate of drug-likeness (QED) is 0.800. The van der Waals surface area contributed by atoms with E-state index in [0.29, 0.717) is 11.6 Å². The Morgan fingerprint density at radius 1 is 1.11 bits per heavy atom. The Kier molecular flexibility index (Phi) is 4.14. The summed E-state index contributed by atoms with van der Waals surface area (Å²) in [5, 5.41) is 0. The van der Waals surface area contributed by atoms with Crippen LogP contribution in [0.25, 0.3) is 0 Å². The molecule has 5 rings (SSSR count). The molecule has 1 saturated carbocycles. The number of rotatable bonds is 2.